The van der Waals surface area contributed by atoms with E-state index in [9.17, 15) is 0 Å². The molecule has 0 aromatic heterocycles. The lowest BCUT2D eigenvalue weighted by molar-refractivity contribution is 0.296. The molecule has 1 aromatic carbocycles. The topological polar surface area (TPSA) is 44.5 Å². The standard InChI is InChI=1S/C15H20BrNO2/c1-10(2)12(9-17)6-11-7-13(16)15-14(8-11)18-4-3-5-19-15/h6-8,10H,3-5,9,17H2,1-2H3. The van der Waals surface area contributed by atoms with Gasteiger partial charge in [-0.25, -0.2) is 0 Å². The molecular formula is C15H20BrNO2. The molecule has 19 heavy (non-hydrogen) atoms. The molecule has 3 nitrogen and oxygen atoms in total. The number of halogens is 1. The molecule has 0 bridgehead atoms. The van der Waals surface area contributed by atoms with Crippen LogP contribution in [0.1, 0.15) is 25.8 Å². The lowest BCUT2D eigenvalue weighted by Gasteiger charge is -2.12. The van der Waals surface area contributed by atoms with Gasteiger partial charge < -0.3 is 15.2 Å². The van der Waals surface area contributed by atoms with Crippen molar-refractivity contribution in [1.29, 1.82) is 0 Å². The molecule has 0 spiro atoms. The van der Waals surface area contributed by atoms with E-state index in [4.69, 9.17) is 15.2 Å². The van der Waals surface area contributed by atoms with Crippen LogP contribution in [-0.2, 0) is 0 Å². The van der Waals surface area contributed by atoms with Gasteiger partial charge in [0, 0.05) is 13.0 Å². The number of hydrogen-bond donors (Lipinski definition) is 1. The van der Waals surface area contributed by atoms with E-state index in [1.165, 1.54) is 5.57 Å². The second kappa shape index (κ2) is 6.44. The molecule has 0 radical (unpaired) electrons. The molecule has 0 saturated carbocycles. The van der Waals surface area contributed by atoms with E-state index in [-0.39, 0.29) is 0 Å². The first-order chi connectivity index (χ1) is 9.11. The second-order valence-corrected chi connectivity index (χ2v) is 5.81. The van der Waals surface area contributed by atoms with Crippen molar-refractivity contribution < 1.29 is 9.47 Å². The molecule has 0 unspecified atom stereocenters. The molecule has 0 atom stereocenters. The minimum absolute atomic E-state index is 0.444. The van der Waals surface area contributed by atoms with E-state index in [1.54, 1.807) is 0 Å². The van der Waals surface area contributed by atoms with Crippen molar-refractivity contribution in [2.75, 3.05) is 19.8 Å². The zero-order valence-corrected chi connectivity index (χ0v) is 13.0. The molecule has 0 fully saturated rings. The Bertz CT molecular complexity index is 483. The summed E-state index contributed by atoms with van der Waals surface area (Å²) < 4.78 is 12.4. The Morgan fingerprint density at radius 1 is 1.37 bits per heavy atom. The third-order valence-corrected chi connectivity index (χ3v) is 3.74. The van der Waals surface area contributed by atoms with Gasteiger partial charge in [-0.05, 0) is 39.5 Å². The van der Waals surface area contributed by atoms with Crippen LogP contribution in [0.4, 0.5) is 0 Å². The Hall–Kier alpha value is -1.00. The fraction of sp³-hybridized carbons (Fsp3) is 0.467. The molecule has 4 heteroatoms. The summed E-state index contributed by atoms with van der Waals surface area (Å²) in [4.78, 5) is 0. The highest BCUT2D eigenvalue weighted by molar-refractivity contribution is 9.10. The second-order valence-electron chi connectivity index (χ2n) is 4.96. The first kappa shape index (κ1) is 14.4. The minimum Gasteiger partial charge on any atom is -0.489 e. The lowest BCUT2D eigenvalue weighted by atomic mass is 10.0. The van der Waals surface area contributed by atoms with Crippen LogP contribution in [0.25, 0.3) is 6.08 Å². The van der Waals surface area contributed by atoms with E-state index in [2.05, 4.69) is 35.9 Å². The van der Waals surface area contributed by atoms with Gasteiger partial charge in [0.05, 0.1) is 17.7 Å². The Balaban J connectivity index is 2.38. The molecule has 2 N–H and O–H groups in total. The van der Waals surface area contributed by atoms with Crippen LogP contribution in [0.3, 0.4) is 0 Å². The summed E-state index contributed by atoms with van der Waals surface area (Å²) in [6.45, 7) is 6.26. The van der Waals surface area contributed by atoms with Crippen molar-refractivity contribution >= 4 is 22.0 Å². The van der Waals surface area contributed by atoms with Crippen molar-refractivity contribution in [3.05, 3.63) is 27.7 Å². The number of benzene rings is 1. The molecule has 1 aromatic rings. The van der Waals surface area contributed by atoms with Crippen LogP contribution in [0.2, 0.25) is 0 Å². The van der Waals surface area contributed by atoms with Gasteiger partial charge in [-0.15, -0.1) is 0 Å². The number of fused-ring (bicyclic) bond motifs is 1. The summed E-state index contributed by atoms with van der Waals surface area (Å²) in [5.74, 6) is 2.05. The summed E-state index contributed by atoms with van der Waals surface area (Å²) in [5.41, 5.74) is 8.10. The molecule has 2 rings (SSSR count). The summed E-state index contributed by atoms with van der Waals surface area (Å²) in [5, 5.41) is 0. The first-order valence-corrected chi connectivity index (χ1v) is 7.40. The molecule has 0 amide bonds. The van der Waals surface area contributed by atoms with E-state index in [0.717, 1.165) is 28.0 Å². The average molecular weight is 326 g/mol. The maximum absolute atomic E-state index is 5.79. The van der Waals surface area contributed by atoms with Crippen LogP contribution in [0.15, 0.2) is 22.2 Å². The molecule has 104 valence electrons. The van der Waals surface area contributed by atoms with Gasteiger partial charge in [0.15, 0.2) is 11.5 Å². The van der Waals surface area contributed by atoms with Gasteiger partial charge in [-0.1, -0.05) is 25.5 Å². The summed E-state index contributed by atoms with van der Waals surface area (Å²) in [6, 6.07) is 4.06. The van der Waals surface area contributed by atoms with Crippen molar-refractivity contribution in [3.8, 4) is 11.5 Å². The third kappa shape index (κ3) is 3.51. The van der Waals surface area contributed by atoms with Crippen LogP contribution < -0.4 is 15.2 Å². The number of rotatable bonds is 3. The molecule has 1 heterocycles. The molecule has 1 aliphatic heterocycles. The highest BCUT2D eigenvalue weighted by atomic mass is 79.9. The van der Waals surface area contributed by atoms with Gasteiger partial charge in [-0.3, -0.25) is 0 Å². The van der Waals surface area contributed by atoms with Gasteiger partial charge in [0.25, 0.3) is 0 Å². The molecule has 0 saturated heterocycles. The third-order valence-electron chi connectivity index (χ3n) is 3.15. The van der Waals surface area contributed by atoms with Gasteiger partial charge in [0.1, 0.15) is 0 Å². The Labute approximate surface area is 122 Å². The van der Waals surface area contributed by atoms with Gasteiger partial charge in [0.2, 0.25) is 0 Å². The average Bonchev–Trinajstić information content (AvgIpc) is 2.61. The summed E-state index contributed by atoms with van der Waals surface area (Å²) >= 11 is 3.55. The predicted octanol–water partition coefficient (Wildman–Crippen LogP) is 3.61. The predicted molar refractivity (Wildman–Crippen MR) is 81.6 cm³/mol. The zero-order chi connectivity index (χ0) is 13.8. The maximum Gasteiger partial charge on any atom is 0.175 e. The quantitative estimate of drug-likeness (QED) is 0.923. The molecular weight excluding hydrogens is 306 g/mol. The number of ether oxygens (including phenoxy) is 2. The Morgan fingerprint density at radius 2 is 2.11 bits per heavy atom. The fourth-order valence-corrected chi connectivity index (χ4v) is 2.58. The SMILES string of the molecule is CC(C)C(=Cc1cc(Br)c2c(c1)OCCCO2)CN. The van der Waals surface area contributed by atoms with Crippen LogP contribution in [-0.4, -0.2) is 19.8 Å². The highest BCUT2D eigenvalue weighted by Crippen LogP contribution is 2.38. The van der Waals surface area contributed by atoms with Crippen molar-refractivity contribution in [2.24, 2.45) is 11.7 Å². The smallest absolute Gasteiger partial charge is 0.175 e. The van der Waals surface area contributed by atoms with Crippen molar-refractivity contribution in [2.45, 2.75) is 20.3 Å². The normalized spacial score (nSPS) is 15.5. The monoisotopic (exact) mass is 325 g/mol. The number of hydrogen-bond acceptors (Lipinski definition) is 3. The Morgan fingerprint density at radius 3 is 2.79 bits per heavy atom. The largest absolute Gasteiger partial charge is 0.489 e. The number of nitrogens with two attached hydrogens (primary N) is 1. The Kier molecular flexibility index (Phi) is 4.88. The minimum atomic E-state index is 0.444. The van der Waals surface area contributed by atoms with Crippen LogP contribution in [0, 0.1) is 5.92 Å². The summed E-state index contributed by atoms with van der Waals surface area (Å²) in [7, 11) is 0. The fourth-order valence-electron chi connectivity index (χ4n) is 2.01. The van der Waals surface area contributed by atoms with E-state index in [0.29, 0.717) is 25.7 Å². The van der Waals surface area contributed by atoms with E-state index in [1.807, 2.05) is 12.1 Å². The first-order valence-electron chi connectivity index (χ1n) is 6.61. The van der Waals surface area contributed by atoms with Gasteiger partial charge in [-0.2, -0.15) is 0 Å². The van der Waals surface area contributed by atoms with E-state index >= 15 is 0 Å². The highest BCUT2D eigenvalue weighted by Gasteiger charge is 2.15. The maximum atomic E-state index is 5.79. The molecule has 1 aliphatic rings. The lowest BCUT2D eigenvalue weighted by Crippen LogP contribution is -2.08. The van der Waals surface area contributed by atoms with Crippen molar-refractivity contribution in [1.82, 2.24) is 0 Å². The zero-order valence-electron chi connectivity index (χ0n) is 11.4. The van der Waals surface area contributed by atoms with Crippen LogP contribution >= 0.6 is 15.9 Å². The van der Waals surface area contributed by atoms with Crippen molar-refractivity contribution in [3.63, 3.8) is 0 Å². The van der Waals surface area contributed by atoms with Crippen LogP contribution in [0.5, 0.6) is 11.5 Å². The summed E-state index contributed by atoms with van der Waals surface area (Å²) in [6.07, 6.45) is 3.04. The van der Waals surface area contributed by atoms with Gasteiger partial charge >= 0.3 is 0 Å². The van der Waals surface area contributed by atoms with E-state index < -0.39 is 0 Å². The molecule has 0 aliphatic carbocycles.